The van der Waals surface area contributed by atoms with Crippen LogP contribution in [-0.4, -0.2) is 46.2 Å². The molecule has 1 aromatic carbocycles. The number of nitrogens with zero attached hydrogens (tertiary/aromatic N) is 2. The van der Waals surface area contributed by atoms with Crippen LogP contribution in [0.1, 0.15) is 36.7 Å². The minimum Gasteiger partial charge on any atom is -0.469 e. The zero-order chi connectivity index (χ0) is 23.6. The highest BCUT2D eigenvalue weighted by molar-refractivity contribution is 6.26. The van der Waals surface area contributed by atoms with Gasteiger partial charge in [0.1, 0.15) is 12.0 Å². The molecule has 4 rings (SSSR count). The van der Waals surface area contributed by atoms with E-state index >= 15 is 0 Å². The lowest BCUT2D eigenvalue weighted by Gasteiger charge is -2.31. The fourth-order valence-electron chi connectivity index (χ4n) is 3.47. The second-order valence-corrected chi connectivity index (χ2v) is 7.65. The Kier molecular flexibility index (Phi) is 5.87. The number of fused-ring (bicyclic) bond motifs is 2. The lowest BCUT2D eigenvalue weighted by atomic mass is 9.80. The molecular weight excluding hydrogens is 428 g/mol. The van der Waals surface area contributed by atoms with Gasteiger partial charge >= 0.3 is 11.9 Å². The molecule has 0 amide bonds. The summed E-state index contributed by atoms with van der Waals surface area (Å²) in [6.45, 7) is 1.24. The van der Waals surface area contributed by atoms with E-state index in [1.54, 1.807) is 30.3 Å². The number of hydrogen-bond donors (Lipinski definition) is 0. The number of methoxy groups -OCH3 is 1. The van der Waals surface area contributed by atoms with Crippen molar-refractivity contribution >= 4 is 34.5 Å². The van der Waals surface area contributed by atoms with Gasteiger partial charge in [-0.25, -0.2) is 9.78 Å². The highest BCUT2D eigenvalue weighted by Gasteiger charge is 2.49. The molecule has 1 aliphatic carbocycles. The van der Waals surface area contributed by atoms with Crippen molar-refractivity contribution in [2.24, 2.45) is 0 Å². The summed E-state index contributed by atoms with van der Waals surface area (Å²) in [6.07, 6.45) is 6.41. The Labute approximate surface area is 188 Å². The van der Waals surface area contributed by atoms with E-state index in [1.165, 1.54) is 32.6 Å². The minimum atomic E-state index is -2.06. The van der Waals surface area contributed by atoms with Crippen LogP contribution in [0, 0.1) is 0 Å². The average molecular weight is 448 g/mol. The van der Waals surface area contributed by atoms with E-state index in [9.17, 15) is 19.2 Å². The molecule has 2 aliphatic rings. The molecule has 0 saturated heterocycles. The summed E-state index contributed by atoms with van der Waals surface area (Å²) in [4.78, 5) is 58.3. The molecule has 9 nitrogen and oxygen atoms in total. The van der Waals surface area contributed by atoms with E-state index < -0.39 is 23.1 Å². The van der Waals surface area contributed by atoms with Crippen LogP contribution < -0.4 is 0 Å². The first-order valence-electron chi connectivity index (χ1n) is 10.2. The fourth-order valence-corrected chi connectivity index (χ4v) is 3.47. The van der Waals surface area contributed by atoms with Crippen LogP contribution >= 0.6 is 0 Å². The number of benzene rings is 1. The van der Waals surface area contributed by atoms with Gasteiger partial charge in [-0.3, -0.25) is 19.4 Å². The molecule has 33 heavy (non-hydrogen) atoms. The standard InChI is InChI=1S/C24H20N2O7/c1-24(33-23(30)19-12-25-17-7-3-4-8-18(17)26-19)20(27)11-14-10-15(6-5-9-21(28)31-2)32-13-16(14)22(24)29/h3-4,7-8,10-13H,5-6,9H2,1-2H3. The summed E-state index contributed by atoms with van der Waals surface area (Å²) in [5, 5.41) is 0. The summed E-state index contributed by atoms with van der Waals surface area (Å²) < 4.78 is 15.5. The number of carbonyl (C=O) groups excluding carboxylic acids is 4. The Hall–Kier alpha value is -4.14. The summed E-state index contributed by atoms with van der Waals surface area (Å²) in [5.41, 5.74) is -0.619. The van der Waals surface area contributed by atoms with E-state index in [1.807, 2.05) is 0 Å². The fraction of sp³-hybridized carbons (Fsp3) is 0.250. The number of para-hydroxylation sites is 2. The van der Waals surface area contributed by atoms with E-state index in [-0.39, 0.29) is 23.7 Å². The van der Waals surface area contributed by atoms with Crippen LogP contribution in [-0.2, 0) is 28.6 Å². The Morgan fingerprint density at radius 3 is 2.64 bits per heavy atom. The maximum atomic E-state index is 13.1. The number of allylic oxidation sites excluding steroid dienone is 3. The smallest absolute Gasteiger partial charge is 0.360 e. The maximum absolute atomic E-state index is 13.1. The molecule has 0 N–H and O–H groups in total. The van der Waals surface area contributed by atoms with E-state index in [2.05, 4.69) is 14.7 Å². The molecule has 1 atom stereocenters. The molecule has 0 spiro atoms. The first kappa shape index (κ1) is 22.1. The summed E-state index contributed by atoms with van der Waals surface area (Å²) >= 11 is 0. The second-order valence-electron chi connectivity index (χ2n) is 7.65. The molecular formula is C24H20N2O7. The Balaban J connectivity index is 1.52. The Bertz CT molecular complexity index is 1270. The summed E-state index contributed by atoms with van der Waals surface area (Å²) in [7, 11) is 1.31. The van der Waals surface area contributed by atoms with Crippen LogP contribution in [0.25, 0.3) is 11.0 Å². The third-order valence-corrected chi connectivity index (χ3v) is 5.38. The van der Waals surface area contributed by atoms with Crippen molar-refractivity contribution < 1.29 is 33.4 Å². The van der Waals surface area contributed by atoms with Gasteiger partial charge < -0.3 is 14.2 Å². The third-order valence-electron chi connectivity index (χ3n) is 5.38. The zero-order valence-corrected chi connectivity index (χ0v) is 18.0. The van der Waals surface area contributed by atoms with Crippen molar-refractivity contribution in [3.63, 3.8) is 0 Å². The van der Waals surface area contributed by atoms with Crippen molar-refractivity contribution in [3.8, 4) is 0 Å². The van der Waals surface area contributed by atoms with Crippen LogP contribution in [0.2, 0.25) is 0 Å². The number of carbonyl (C=O) groups is 4. The van der Waals surface area contributed by atoms with Crippen LogP contribution in [0.5, 0.6) is 0 Å². The first-order chi connectivity index (χ1) is 15.8. The SMILES string of the molecule is COC(=O)CCCC1=CC2=CC(=O)C(C)(OC(=O)c3cnc4ccccc4n3)C(=O)C2=CO1. The van der Waals surface area contributed by atoms with Gasteiger partial charge in [-0.2, -0.15) is 0 Å². The van der Waals surface area contributed by atoms with Gasteiger partial charge in [0.2, 0.25) is 17.2 Å². The van der Waals surface area contributed by atoms with Gasteiger partial charge in [-0.15, -0.1) is 0 Å². The maximum Gasteiger partial charge on any atom is 0.360 e. The molecule has 0 fully saturated rings. The van der Waals surface area contributed by atoms with Crippen LogP contribution in [0.15, 0.2) is 65.8 Å². The molecule has 1 aliphatic heterocycles. The van der Waals surface area contributed by atoms with Crippen molar-refractivity contribution in [2.75, 3.05) is 7.11 Å². The van der Waals surface area contributed by atoms with Gasteiger partial charge in [0.25, 0.3) is 0 Å². The summed E-state index contributed by atoms with van der Waals surface area (Å²) in [6, 6.07) is 6.97. The van der Waals surface area contributed by atoms with Gasteiger partial charge in [-0.1, -0.05) is 12.1 Å². The number of rotatable bonds is 6. The lowest BCUT2D eigenvalue weighted by Crippen LogP contribution is -2.50. The van der Waals surface area contributed by atoms with Gasteiger partial charge in [0, 0.05) is 12.8 Å². The quantitative estimate of drug-likeness (QED) is 0.485. The number of ether oxygens (including phenoxy) is 3. The van der Waals surface area contributed by atoms with Crippen molar-refractivity contribution in [1.82, 2.24) is 9.97 Å². The van der Waals surface area contributed by atoms with Crippen LogP contribution in [0.4, 0.5) is 0 Å². The highest BCUT2D eigenvalue weighted by atomic mass is 16.6. The molecule has 168 valence electrons. The average Bonchev–Trinajstić information content (AvgIpc) is 2.82. The molecule has 0 saturated carbocycles. The number of ketones is 2. The lowest BCUT2D eigenvalue weighted by molar-refractivity contribution is -0.145. The summed E-state index contributed by atoms with van der Waals surface area (Å²) in [5.74, 6) is -2.14. The van der Waals surface area contributed by atoms with Crippen LogP contribution in [0.3, 0.4) is 0 Å². The second kappa shape index (κ2) is 8.78. The van der Waals surface area contributed by atoms with E-state index in [4.69, 9.17) is 9.47 Å². The Morgan fingerprint density at radius 2 is 1.88 bits per heavy atom. The van der Waals surface area contributed by atoms with Crippen molar-refractivity contribution in [2.45, 2.75) is 31.8 Å². The Morgan fingerprint density at radius 1 is 1.12 bits per heavy atom. The number of aromatic nitrogens is 2. The normalized spacial score (nSPS) is 19.6. The zero-order valence-electron chi connectivity index (χ0n) is 18.0. The number of hydrogen-bond acceptors (Lipinski definition) is 9. The van der Waals surface area contributed by atoms with Crippen molar-refractivity contribution in [1.29, 1.82) is 0 Å². The molecule has 2 aromatic rings. The van der Waals surface area contributed by atoms with E-state index in [0.717, 1.165) is 0 Å². The predicted octanol–water partition coefficient (Wildman–Crippen LogP) is 2.76. The monoisotopic (exact) mass is 448 g/mol. The van der Waals surface area contributed by atoms with Gasteiger partial charge in [0.15, 0.2) is 5.69 Å². The molecule has 1 unspecified atom stereocenters. The molecule has 0 bridgehead atoms. The first-order valence-corrected chi connectivity index (χ1v) is 10.2. The third kappa shape index (κ3) is 4.30. The molecule has 2 heterocycles. The van der Waals surface area contributed by atoms with Gasteiger partial charge in [-0.05, 0) is 43.2 Å². The van der Waals surface area contributed by atoms with Gasteiger partial charge in [0.05, 0.1) is 29.9 Å². The number of Topliss-reactive ketones (excluding diaryl/α,β-unsaturated/α-hetero) is 1. The topological polar surface area (TPSA) is 122 Å². The van der Waals surface area contributed by atoms with E-state index in [0.29, 0.717) is 35.2 Å². The minimum absolute atomic E-state index is 0.117. The molecule has 1 aromatic heterocycles. The number of esters is 2. The largest absolute Gasteiger partial charge is 0.469 e. The molecule has 0 radical (unpaired) electrons. The van der Waals surface area contributed by atoms with Crippen molar-refractivity contribution in [3.05, 3.63) is 71.5 Å². The predicted molar refractivity (Wildman–Crippen MR) is 115 cm³/mol. The highest BCUT2D eigenvalue weighted by Crippen LogP contribution is 2.34. The molecule has 9 heteroatoms.